The first-order chi connectivity index (χ1) is 7.48. The summed E-state index contributed by atoms with van der Waals surface area (Å²) in [6.45, 7) is 7.41. The van der Waals surface area contributed by atoms with E-state index in [4.69, 9.17) is 4.74 Å². The van der Waals surface area contributed by atoms with Gasteiger partial charge in [0.1, 0.15) is 0 Å². The normalized spacial score (nSPS) is 23.9. The number of ether oxygens (including phenoxy) is 1. The van der Waals surface area contributed by atoms with Gasteiger partial charge in [-0.05, 0) is 33.1 Å². The largest absolute Gasteiger partial charge is 0.377 e. The van der Waals surface area contributed by atoms with Gasteiger partial charge in [0, 0.05) is 19.7 Å². The molecule has 0 aromatic heterocycles. The fraction of sp³-hybridized carbons (Fsp3) is 1.00. The van der Waals surface area contributed by atoms with Gasteiger partial charge in [-0.3, -0.25) is 0 Å². The number of rotatable bonds is 5. The van der Waals surface area contributed by atoms with E-state index in [9.17, 15) is 8.42 Å². The third-order valence-corrected chi connectivity index (χ3v) is 5.10. The van der Waals surface area contributed by atoms with Crippen molar-refractivity contribution in [3.63, 3.8) is 0 Å². The molecule has 1 rings (SSSR count). The molecule has 0 aromatic rings. The molecule has 1 aliphatic rings. The minimum Gasteiger partial charge on any atom is -0.377 e. The summed E-state index contributed by atoms with van der Waals surface area (Å²) in [6, 6.07) is 0. The third-order valence-electron chi connectivity index (χ3n) is 2.85. The molecule has 0 spiro atoms. The maximum Gasteiger partial charge on any atom is 0.216 e. The molecule has 0 N–H and O–H groups in total. The third kappa shape index (κ3) is 3.43. The highest BCUT2D eigenvalue weighted by molar-refractivity contribution is 7.89. The van der Waals surface area contributed by atoms with Crippen LogP contribution >= 0.6 is 0 Å². The van der Waals surface area contributed by atoms with Crippen LogP contribution in [0, 0.1) is 0 Å². The SMILES string of the molecule is CCCOC1CCCN(S(=O)(=O)C(C)C)C1. The highest BCUT2D eigenvalue weighted by Crippen LogP contribution is 2.19. The van der Waals surface area contributed by atoms with Crippen molar-refractivity contribution >= 4 is 10.0 Å². The van der Waals surface area contributed by atoms with Crippen molar-refractivity contribution in [1.29, 1.82) is 0 Å². The molecule has 16 heavy (non-hydrogen) atoms. The Balaban J connectivity index is 2.57. The Hall–Kier alpha value is -0.130. The summed E-state index contributed by atoms with van der Waals surface area (Å²) in [5, 5.41) is -0.336. The summed E-state index contributed by atoms with van der Waals surface area (Å²) in [4.78, 5) is 0. The molecule has 4 nitrogen and oxygen atoms in total. The van der Waals surface area contributed by atoms with Gasteiger partial charge in [-0.2, -0.15) is 4.31 Å². The molecule has 1 saturated heterocycles. The highest BCUT2D eigenvalue weighted by atomic mass is 32.2. The second-order valence-corrected chi connectivity index (χ2v) is 7.08. The van der Waals surface area contributed by atoms with Crippen LogP contribution in [0.2, 0.25) is 0 Å². The van der Waals surface area contributed by atoms with Crippen molar-refractivity contribution in [2.24, 2.45) is 0 Å². The smallest absolute Gasteiger partial charge is 0.216 e. The summed E-state index contributed by atoms with van der Waals surface area (Å²) < 4.78 is 31.2. The van der Waals surface area contributed by atoms with Crippen LogP contribution in [0.1, 0.15) is 40.0 Å². The van der Waals surface area contributed by atoms with Gasteiger partial charge >= 0.3 is 0 Å². The van der Waals surface area contributed by atoms with Crippen molar-refractivity contribution in [2.75, 3.05) is 19.7 Å². The van der Waals surface area contributed by atoms with Crippen LogP contribution in [0.3, 0.4) is 0 Å². The molecule has 1 heterocycles. The zero-order valence-electron chi connectivity index (χ0n) is 10.5. The standard InChI is InChI=1S/C11H23NO3S/c1-4-8-15-11-6-5-7-12(9-11)16(13,14)10(2)3/h10-11H,4-9H2,1-3H3. The van der Waals surface area contributed by atoms with Gasteiger partial charge in [-0.15, -0.1) is 0 Å². The second kappa shape index (κ2) is 5.98. The monoisotopic (exact) mass is 249 g/mol. The lowest BCUT2D eigenvalue weighted by molar-refractivity contribution is 0.0192. The molecule has 0 bridgehead atoms. The van der Waals surface area contributed by atoms with E-state index in [1.807, 2.05) is 0 Å². The first kappa shape index (κ1) is 13.9. The number of hydrogen-bond donors (Lipinski definition) is 0. The van der Waals surface area contributed by atoms with Gasteiger partial charge in [0.05, 0.1) is 11.4 Å². The first-order valence-corrected chi connectivity index (χ1v) is 7.59. The summed E-state index contributed by atoms with van der Waals surface area (Å²) in [7, 11) is -3.10. The predicted molar refractivity (Wildman–Crippen MR) is 64.9 cm³/mol. The fourth-order valence-electron chi connectivity index (χ4n) is 1.85. The Bertz CT molecular complexity index is 300. The van der Waals surface area contributed by atoms with Gasteiger partial charge in [0.2, 0.25) is 10.0 Å². The molecule has 1 fully saturated rings. The van der Waals surface area contributed by atoms with E-state index in [2.05, 4.69) is 6.92 Å². The van der Waals surface area contributed by atoms with Crippen molar-refractivity contribution in [1.82, 2.24) is 4.31 Å². The average molecular weight is 249 g/mol. The molecule has 0 amide bonds. The molecular formula is C11H23NO3S. The van der Waals surface area contributed by atoms with Crippen molar-refractivity contribution in [3.8, 4) is 0 Å². The number of hydrogen-bond acceptors (Lipinski definition) is 3. The Morgan fingerprint density at radius 2 is 2.12 bits per heavy atom. The molecular weight excluding hydrogens is 226 g/mol. The molecule has 1 unspecified atom stereocenters. The zero-order chi connectivity index (χ0) is 12.2. The first-order valence-electron chi connectivity index (χ1n) is 6.09. The minimum atomic E-state index is -3.10. The number of piperidine rings is 1. The number of sulfonamides is 1. The van der Waals surface area contributed by atoms with Crippen molar-refractivity contribution in [3.05, 3.63) is 0 Å². The van der Waals surface area contributed by atoms with Crippen LogP contribution in [0.4, 0.5) is 0 Å². The van der Waals surface area contributed by atoms with E-state index in [0.717, 1.165) is 25.9 Å². The van der Waals surface area contributed by atoms with E-state index in [-0.39, 0.29) is 11.4 Å². The van der Waals surface area contributed by atoms with Gasteiger partial charge in [-0.25, -0.2) is 8.42 Å². The maximum absolute atomic E-state index is 12.0. The topological polar surface area (TPSA) is 46.6 Å². The summed E-state index contributed by atoms with van der Waals surface area (Å²) in [6.07, 6.45) is 2.94. The van der Waals surface area contributed by atoms with Crippen LogP contribution in [0.15, 0.2) is 0 Å². The Morgan fingerprint density at radius 1 is 1.44 bits per heavy atom. The summed E-state index contributed by atoms with van der Waals surface area (Å²) in [5.41, 5.74) is 0. The van der Waals surface area contributed by atoms with E-state index in [1.54, 1.807) is 18.2 Å². The van der Waals surface area contributed by atoms with Crippen LogP contribution in [-0.4, -0.2) is 43.8 Å². The summed E-state index contributed by atoms with van der Waals surface area (Å²) in [5.74, 6) is 0. The van der Waals surface area contributed by atoms with Crippen molar-refractivity contribution < 1.29 is 13.2 Å². The lowest BCUT2D eigenvalue weighted by Gasteiger charge is -2.32. The Labute approximate surface area is 99.0 Å². The maximum atomic E-state index is 12.0. The zero-order valence-corrected chi connectivity index (χ0v) is 11.3. The highest BCUT2D eigenvalue weighted by Gasteiger charge is 2.31. The molecule has 0 aromatic carbocycles. The molecule has 1 atom stereocenters. The molecule has 1 aliphatic heterocycles. The fourth-order valence-corrected chi connectivity index (χ4v) is 3.21. The Morgan fingerprint density at radius 3 is 2.69 bits per heavy atom. The van der Waals surface area contributed by atoms with Crippen LogP contribution in [0.5, 0.6) is 0 Å². The van der Waals surface area contributed by atoms with Crippen LogP contribution < -0.4 is 0 Å². The molecule has 5 heteroatoms. The Kier molecular flexibility index (Phi) is 5.21. The molecule has 0 saturated carbocycles. The molecule has 0 aliphatic carbocycles. The number of nitrogens with zero attached hydrogens (tertiary/aromatic N) is 1. The van der Waals surface area contributed by atoms with Crippen molar-refractivity contribution in [2.45, 2.75) is 51.4 Å². The van der Waals surface area contributed by atoms with E-state index in [1.165, 1.54) is 0 Å². The lowest BCUT2D eigenvalue weighted by Crippen LogP contribution is -2.45. The van der Waals surface area contributed by atoms with Gasteiger partial charge in [-0.1, -0.05) is 6.92 Å². The summed E-state index contributed by atoms with van der Waals surface area (Å²) >= 11 is 0. The molecule has 96 valence electrons. The second-order valence-electron chi connectivity index (χ2n) is 4.59. The average Bonchev–Trinajstić information content (AvgIpc) is 2.26. The predicted octanol–water partition coefficient (Wildman–Crippen LogP) is 1.62. The van der Waals surface area contributed by atoms with E-state index < -0.39 is 10.0 Å². The van der Waals surface area contributed by atoms with Gasteiger partial charge < -0.3 is 4.74 Å². The minimum absolute atomic E-state index is 0.0854. The quantitative estimate of drug-likeness (QED) is 0.744. The van der Waals surface area contributed by atoms with Crippen LogP contribution in [-0.2, 0) is 14.8 Å². The van der Waals surface area contributed by atoms with Crippen LogP contribution in [0.25, 0.3) is 0 Å². The van der Waals surface area contributed by atoms with Gasteiger partial charge in [0.25, 0.3) is 0 Å². The van der Waals surface area contributed by atoms with Gasteiger partial charge in [0.15, 0.2) is 0 Å². The lowest BCUT2D eigenvalue weighted by atomic mass is 10.1. The van der Waals surface area contributed by atoms with E-state index in [0.29, 0.717) is 13.1 Å². The molecule has 0 radical (unpaired) electrons. The van der Waals surface area contributed by atoms with E-state index >= 15 is 0 Å².